The monoisotopic (exact) mass is 275 g/mol. The second-order valence-electron chi connectivity index (χ2n) is 3.85. The summed E-state index contributed by atoms with van der Waals surface area (Å²) in [5, 5.41) is 0. The van der Waals surface area contributed by atoms with Gasteiger partial charge < -0.3 is 9.30 Å². The molecule has 0 N–H and O–H groups in total. The van der Waals surface area contributed by atoms with Crippen molar-refractivity contribution in [3.05, 3.63) is 42.7 Å². The summed E-state index contributed by atoms with van der Waals surface area (Å²) < 4.78 is 7.65. The molecule has 0 unspecified atom stereocenters. The summed E-state index contributed by atoms with van der Waals surface area (Å²) in [6.45, 7) is 1.52. The van der Waals surface area contributed by atoms with Gasteiger partial charge in [-0.2, -0.15) is 0 Å². The highest BCUT2D eigenvalue weighted by molar-refractivity contribution is 6.19. The van der Waals surface area contributed by atoms with Crippen LogP contribution in [0.4, 0.5) is 0 Å². The van der Waals surface area contributed by atoms with E-state index in [1.54, 1.807) is 24.9 Å². The Balaban J connectivity index is 1.79. The van der Waals surface area contributed by atoms with Crippen molar-refractivity contribution in [2.24, 2.45) is 0 Å². The molecule has 0 aliphatic rings. The van der Waals surface area contributed by atoms with Crippen LogP contribution in [0.25, 0.3) is 0 Å². The second kappa shape index (κ2) is 7.45. The Morgan fingerprint density at radius 3 is 3.05 bits per heavy atom. The number of aromatic nitrogens is 3. The summed E-state index contributed by atoms with van der Waals surface area (Å²) in [6.07, 6.45) is 9.78. The SMILES string of the molecule is ClCC#Cc1cncc(OCCCn2ccnc2)c1. The summed E-state index contributed by atoms with van der Waals surface area (Å²) in [7, 11) is 0. The van der Waals surface area contributed by atoms with Crippen LogP contribution in [0, 0.1) is 11.8 Å². The van der Waals surface area contributed by atoms with E-state index < -0.39 is 0 Å². The molecule has 0 aliphatic carbocycles. The third-order valence-corrected chi connectivity index (χ3v) is 2.53. The van der Waals surface area contributed by atoms with Crippen molar-refractivity contribution in [1.29, 1.82) is 0 Å². The molecule has 2 heterocycles. The predicted molar refractivity (Wildman–Crippen MR) is 74.2 cm³/mol. The lowest BCUT2D eigenvalue weighted by Gasteiger charge is -2.06. The van der Waals surface area contributed by atoms with E-state index >= 15 is 0 Å². The predicted octanol–water partition coefficient (Wildman–Crippen LogP) is 2.34. The van der Waals surface area contributed by atoms with Crippen molar-refractivity contribution < 1.29 is 4.74 Å². The van der Waals surface area contributed by atoms with Gasteiger partial charge in [0.05, 0.1) is 25.0 Å². The van der Waals surface area contributed by atoms with Crippen molar-refractivity contribution in [3.63, 3.8) is 0 Å². The van der Waals surface area contributed by atoms with Crippen LogP contribution in [-0.4, -0.2) is 27.0 Å². The van der Waals surface area contributed by atoms with Gasteiger partial charge in [-0.3, -0.25) is 4.98 Å². The molecule has 0 amide bonds. The molecule has 98 valence electrons. The fourth-order valence-corrected chi connectivity index (χ4v) is 1.62. The first-order chi connectivity index (χ1) is 9.38. The number of pyridine rings is 1. The molecule has 0 aromatic carbocycles. The first kappa shape index (κ1) is 13.4. The van der Waals surface area contributed by atoms with E-state index in [1.165, 1.54) is 0 Å². The number of nitrogens with zero attached hydrogens (tertiary/aromatic N) is 3. The Kier molecular flexibility index (Phi) is 5.27. The van der Waals surface area contributed by atoms with Crippen LogP contribution in [0.1, 0.15) is 12.0 Å². The van der Waals surface area contributed by atoms with E-state index in [1.807, 2.05) is 16.8 Å². The van der Waals surface area contributed by atoms with Gasteiger partial charge in [0.15, 0.2) is 0 Å². The number of alkyl halides is 1. The normalized spacial score (nSPS) is 9.74. The third kappa shape index (κ3) is 4.65. The summed E-state index contributed by atoms with van der Waals surface area (Å²) in [5.41, 5.74) is 0.813. The van der Waals surface area contributed by atoms with Crippen LogP contribution in [0.15, 0.2) is 37.2 Å². The van der Waals surface area contributed by atoms with Crippen LogP contribution in [0.3, 0.4) is 0 Å². The highest BCUT2D eigenvalue weighted by atomic mass is 35.5. The number of ether oxygens (including phenoxy) is 1. The number of rotatable bonds is 5. The summed E-state index contributed by atoms with van der Waals surface area (Å²) in [5.74, 6) is 6.74. The minimum atomic E-state index is 0.315. The van der Waals surface area contributed by atoms with Crippen molar-refractivity contribution in [2.45, 2.75) is 13.0 Å². The van der Waals surface area contributed by atoms with Gasteiger partial charge in [-0.05, 0) is 12.5 Å². The number of hydrogen-bond donors (Lipinski definition) is 0. The summed E-state index contributed by atoms with van der Waals surface area (Å²) >= 11 is 5.51. The fraction of sp³-hybridized carbons (Fsp3) is 0.286. The molecular weight excluding hydrogens is 262 g/mol. The van der Waals surface area contributed by atoms with Crippen LogP contribution < -0.4 is 4.74 Å². The topological polar surface area (TPSA) is 39.9 Å². The molecule has 0 atom stereocenters. The van der Waals surface area contributed by atoms with Gasteiger partial charge in [-0.25, -0.2) is 4.98 Å². The summed E-state index contributed by atoms with van der Waals surface area (Å²) in [6, 6.07) is 1.86. The maximum atomic E-state index is 5.63. The zero-order valence-electron chi connectivity index (χ0n) is 10.4. The zero-order valence-corrected chi connectivity index (χ0v) is 11.2. The van der Waals surface area contributed by atoms with E-state index in [0.717, 1.165) is 24.3 Å². The third-order valence-electron chi connectivity index (χ3n) is 2.40. The van der Waals surface area contributed by atoms with Gasteiger partial charge in [0, 0.05) is 30.7 Å². The Hall–Kier alpha value is -1.99. The molecule has 0 saturated carbocycles. The minimum absolute atomic E-state index is 0.315. The van der Waals surface area contributed by atoms with Gasteiger partial charge >= 0.3 is 0 Å². The Bertz CT molecular complexity index is 558. The van der Waals surface area contributed by atoms with Crippen LogP contribution in [0.5, 0.6) is 5.75 Å². The largest absolute Gasteiger partial charge is 0.492 e. The molecule has 2 aromatic heterocycles. The summed E-state index contributed by atoms with van der Waals surface area (Å²) in [4.78, 5) is 8.07. The van der Waals surface area contributed by atoms with E-state index in [2.05, 4.69) is 21.8 Å². The molecule has 2 rings (SSSR count). The molecule has 0 fully saturated rings. The van der Waals surface area contributed by atoms with Crippen molar-refractivity contribution >= 4 is 11.6 Å². The van der Waals surface area contributed by atoms with Crippen LogP contribution in [-0.2, 0) is 6.54 Å². The van der Waals surface area contributed by atoms with E-state index in [0.29, 0.717) is 12.5 Å². The first-order valence-electron chi connectivity index (χ1n) is 5.97. The van der Waals surface area contributed by atoms with E-state index in [4.69, 9.17) is 16.3 Å². The second-order valence-corrected chi connectivity index (χ2v) is 4.11. The first-order valence-corrected chi connectivity index (χ1v) is 6.50. The molecule has 19 heavy (non-hydrogen) atoms. The maximum absolute atomic E-state index is 5.63. The van der Waals surface area contributed by atoms with Crippen LogP contribution >= 0.6 is 11.6 Å². The Morgan fingerprint density at radius 1 is 1.32 bits per heavy atom. The molecule has 0 saturated heterocycles. The van der Waals surface area contributed by atoms with Crippen molar-refractivity contribution in [1.82, 2.24) is 14.5 Å². The number of halogens is 1. The Labute approximate surface area is 117 Å². The molecule has 4 nitrogen and oxygen atoms in total. The van der Waals surface area contributed by atoms with Gasteiger partial charge in [0.1, 0.15) is 5.75 Å². The highest BCUT2D eigenvalue weighted by Crippen LogP contribution is 2.10. The minimum Gasteiger partial charge on any atom is -0.492 e. The lowest BCUT2D eigenvalue weighted by Crippen LogP contribution is -2.03. The lowest BCUT2D eigenvalue weighted by atomic mass is 10.3. The average Bonchev–Trinajstić information content (AvgIpc) is 2.95. The van der Waals surface area contributed by atoms with E-state index in [-0.39, 0.29) is 0 Å². The average molecular weight is 276 g/mol. The maximum Gasteiger partial charge on any atom is 0.138 e. The zero-order chi connectivity index (χ0) is 13.3. The molecular formula is C14H14ClN3O. The molecule has 0 bridgehead atoms. The number of hydrogen-bond acceptors (Lipinski definition) is 3. The quantitative estimate of drug-likeness (QED) is 0.478. The van der Waals surface area contributed by atoms with Gasteiger partial charge in [-0.15, -0.1) is 11.6 Å². The molecule has 0 spiro atoms. The standard InChI is InChI=1S/C14H14ClN3O/c15-4-1-3-13-9-14(11-17-10-13)19-8-2-6-18-7-5-16-12-18/h5,7,9-12H,2,4,6,8H2. The van der Waals surface area contributed by atoms with Gasteiger partial charge in [-0.1, -0.05) is 11.8 Å². The Morgan fingerprint density at radius 2 is 2.26 bits per heavy atom. The molecule has 5 heteroatoms. The fourth-order valence-electron chi connectivity index (χ4n) is 1.56. The van der Waals surface area contributed by atoms with Crippen LogP contribution in [0.2, 0.25) is 0 Å². The smallest absolute Gasteiger partial charge is 0.138 e. The number of imidazole rings is 1. The highest BCUT2D eigenvalue weighted by Gasteiger charge is 1.96. The van der Waals surface area contributed by atoms with Crippen molar-refractivity contribution in [2.75, 3.05) is 12.5 Å². The molecule has 0 aliphatic heterocycles. The molecule has 0 radical (unpaired) electrons. The van der Waals surface area contributed by atoms with E-state index in [9.17, 15) is 0 Å². The number of aryl methyl sites for hydroxylation is 1. The molecule has 2 aromatic rings. The van der Waals surface area contributed by atoms with Crippen molar-refractivity contribution in [3.8, 4) is 17.6 Å². The van der Waals surface area contributed by atoms with Gasteiger partial charge in [0.25, 0.3) is 0 Å². The lowest BCUT2D eigenvalue weighted by molar-refractivity contribution is 0.300. The van der Waals surface area contributed by atoms with Gasteiger partial charge in [0.2, 0.25) is 0 Å².